The number of carboxylic acids is 1. The summed E-state index contributed by atoms with van der Waals surface area (Å²) in [7, 11) is 0. The summed E-state index contributed by atoms with van der Waals surface area (Å²) in [6, 6.07) is 9.85. The van der Waals surface area contributed by atoms with Crippen molar-refractivity contribution >= 4 is 34.2 Å². The van der Waals surface area contributed by atoms with Crippen LogP contribution in [-0.4, -0.2) is 17.4 Å². The number of aldehydes is 1. The zero-order valence-electron chi connectivity index (χ0n) is 9.21. The van der Waals surface area contributed by atoms with Crippen LogP contribution in [0.15, 0.2) is 40.8 Å². The van der Waals surface area contributed by atoms with Crippen LogP contribution in [0.1, 0.15) is 20.7 Å². The lowest BCUT2D eigenvalue weighted by atomic mass is 10.1. The summed E-state index contributed by atoms with van der Waals surface area (Å²) < 4.78 is 5.59. The number of furan rings is 1. The van der Waals surface area contributed by atoms with Gasteiger partial charge in [0.05, 0.1) is 11.1 Å². The molecule has 0 fully saturated rings. The Labute approximate surface area is 101 Å². The van der Waals surface area contributed by atoms with Gasteiger partial charge in [-0.25, -0.2) is 4.79 Å². The van der Waals surface area contributed by atoms with Crippen molar-refractivity contribution in [2.24, 2.45) is 0 Å². The Morgan fingerprint density at radius 2 is 2.00 bits per heavy atom. The predicted octanol–water partition coefficient (Wildman–Crippen LogP) is 3.10. The van der Waals surface area contributed by atoms with Crippen molar-refractivity contribution in [2.45, 2.75) is 0 Å². The van der Waals surface area contributed by atoms with Gasteiger partial charge in [0.15, 0.2) is 6.29 Å². The molecule has 2 aromatic carbocycles. The molecule has 0 saturated heterocycles. The molecule has 3 rings (SSSR count). The molecule has 0 aliphatic carbocycles. The lowest BCUT2D eigenvalue weighted by Crippen LogP contribution is -1.94. The third-order valence-electron chi connectivity index (χ3n) is 2.90. The van der Waals surface area contributed by atoms with Crippen molar-refractivity contribution in [2.75, 3.05) is 0 Å². The first-order valence-corrected chi connectivity index (χ1v) is 5.34. The molecule has 0 amide bonds. The zero-order valence-corrected chi connectivity index (χ0v) is 9.21. The minimum Gasteiger partial charge on any atom is -0.478 e. The van der Waals surface area contributed by atoms with Gasteiger partial charge in [-0.1, -0.05) is 12.1 Å². The minimum atomic E-state index is -0.988. The number of aromatic carboxylic acids is 1. The first-order valence-electron chi connectivity index (χ1n) is 5.34. The van der Waals surface area contributed by atoms with E-state index in [2.05, 4.69) is 0 Å². The Morgan fingerprint density at radius 3 is 2.72 bits per heavy atom. The van der Waals surface area contributed by atoms with Gasteiger partial charge in [0.1, 0.15) is 11.2 Å². The van der Waals surface area contributed by atoms with Gasteiger partial charge in [-0.2, -0.15) is 0 Å². The fourth-order valence-electron chi connectivity index (χ4n) is 2.05. The Kier molecular flexibility index (Phi) is 2.16. The van der Waals surface area contributed by atoms with Crippen molar-refractivity contribution in [1.29, 1.82) is 0 Å². The van der Waals surface area contributed by atoms with Crippen LogP contribution in [0.5, 0.6) is 0 Å². The number of para-hydroxylation sites is 1. The highest BCUT2D eigenvalue weighted by Crippen LogP contribution is 2.30. The smallest absolute Gasteiger partial charge is 0.335 e. The molecule has 18 heavy (non-hydrogen) atoms. The minimum absolute atomic E-state index is 0.196. The van der Waals surface area contributed by atoms with Gasteiger partial charge in [0.25, 0.3) is 0 Å². The average molecular weight is 240 g/mol. The summed E-state index contributed by atoms with van der Waals surface area (Å²) in [5.74, 6) is -0.988. The standard InChI is InChI=1S/C14H8O4/c15-7-9-2-1-3-10-11-6-8(14(16)17)4-5-12(11)18-13(9)10/h1-7H,(H,16,17). The average Bonchev–Trinajstić information content (AvgIpc) is 2.76. The van der Waals surface area contributed by atoms with Gasteiger partial charge in [-0.3, -0.25) is 4.79 Å². The number of carbonyl (C=O) groups excluding carboxylic acids is 1. The largest absolute Gasteiger partial charge is 0.478 e. The van der Waals surface area contributed by atoms with E-state index in [1.54, 1.807) is 30.3 Å². The summed E-state index contributed by atoms with van der Waals surface area (Å²) in [6.07, 6.45) is 0.725. The highest BCUT2D eigenvalue weighted by molar-refractivity contribution is 6.11. The number of fused-ring (bicyclic) bond motifs is 3. The van der Waals surface area contributed by atoms with Crippen LogP contribution < -0.4 is 0 Å². The first-order chi connectivity index (χ1) is 8.70. The molecule has 1 heterocycles. The fraction of sp³-hybridized carbons (Fsp3) is 0. The van der Waals surface area contributed by atoms with E-state index in [9.17, 15) is 9.59 Å². The van der Waals surface area contributed by atoms with E-state index in [0.29, 0.717) is 22.1 Å². The van der Waals surface area contributed by atoms with Crippen molar-refractivity contribution in [3.8, 4) is 0 Å². The molecule has 0 unspecified atom stereocenters. The van der Waals surface area contributed by atoms with E-state index in [-0.39, 0.29) is 5.56 Å². The SMILES string of the molecule is O=Cc1cccc2c1oc1ccc(C(=O)O)cc12. The van der Waals surface area contributed by atoms with Gasteiger partial charge in [0.2, 0.25) is 0 Å². The molecule has 0 aliphatic rings. The molecular weight excluding hydrogens is 232 g/mol. The molecule has 0 bridgehead atoms. The molecule has 88 valence electrons. The number of carboxylic acid groups (broad SMARTS) is 1. The van der Waals surface area contributed by atoms with Gasteiger partial charge in [0, 0.05) is 10.8 Å². The van der Waals surface area contributed by atoms with E-state index in [1.165, 1.54) is 6.07 Å². The number of rotatable bonds is 2. The zero-order chi connectivity index (χ0) is 12.7. The van der Waals surface area contributed by atoms with Crippen LogP contribution in [0.25, 0.3) is 21.9 Å². The van der Waals surface area contributed by atoms with Crippen LogP contribution in [0.4, 0.5) is 0 Å². The monoisotopic (exact) mass is 240 g/mol. The maximum atomic E-state index is 10.9. The third-order valence-corrected chi connectivity index (χ3v) is 2.90. The summed E-state index contributed by atoms with van der Waals surface area (Å²) in [6.45, 7) is 0. The molecule has 0 aliphatic heterocycles. The summed E-state index contributed by atoms with van der Waals surface area (Å²) in [5, 5.41) is 10.4. The van der Waals surface area contributed by atoms with E-state index in [0.717, 1.165) is 11.7 Å². The van der Waals surface area contributed by atoms with Crippen LogP contribution in [-0.2, 0) is 0 Å². The normalized spacial score (nSPS) is 10.9. The van der Waals surface area contributed by atoms with Crippen LogP contribution in [0.3, 0.4) is 0 Å². The maximum absolute atomic E-state index is 10.9. The van der Waals surface area contributed by atoms with Gasteiger partial charge >= 0.3 is 5.97 Å². The van der Waals surface area contributed by atoms with E-state index < -0.39 is 5.97 Å². The van der Waals surface area contributed by atoms with Crippen molar-refractivity contribution in [3.05, 3.63) is 47.5 Å². The summed E-state index contributed by atoms with van der Waals surface area (Å²) >= 11 is 0. The second-order valence-electron chi connectivity index (χ2n) is 3.96. The van der Waals surface area contributed by atoms with E-state index in [1.807, 2.05) is 0 Å². The Balaban J connectivity index is 2.45. The topological polar surface area (TPSA) is 67.5 Å². The molecular formula is C14H8O4. The first kappa shape index (κ1) is 10.5. The van der Waals surface area contributed by atoms with Gasteiger partial charge in [-0.15, -0.1) is 0 Å². The van der Waals surface area contributed by atoms with Gasteiger partial charge < -0.3 is 9.52 Å². The highest BCUT2D eigenvalue weighted by Gasteiger charge is 2.12. The quantitative estimate of drug-likeness (QED) is 0.699. The van der Waals surface area contributed by atoms with E-state index >= 15 is 0 Å². The maximum Gasteiger partial charge on any atom is 0.335 e. The second-order valence-corrected chi connectivity index (χ2v) is 3.96. The number of benzene rings is 2. The molecule has 4 heteroatoms. The van der Waals surface area contributed by atoms with Crippen molar-refractivity contribution < 1.29 is 19.1 Å². The Hall–Kier alpha value is -2.62. The third kappa shape index (κ3) is 1.39. The molecule has 0 radical (unpaired) electrons. The van der Waals surface area contributed by atoms with Crippen LogP contribution in [0, 0.1) is 0 Å². The summed E-state index contributed by atoms with van der Waals surface area (Å²) in [5.41, 5.74) is 1.72. The number of carbonyl (C=O) groups is 2. The molecule has 0 saturated carbocycles. The number of hydrogen-bond acceptors (Lipinski definition) is 3. The molecule has 1 aromatic heterocycles. The highest BCUT2D eigenvalue weighted by atomic mass is 16.4. The lowest BCUT2D eigenvalue weighted by molar-refractivity contribution is 0.0697. The molecule has 0 spiro atoms. The van der Waals surface area contributed by atoms with E-state index in [4.69, 9.17) is 9.52 Å². The predicted molar refractivity (Wildman–Crippen MR) is 66.1 cm³/mol. The van der Waals surface area contributed by atoms with Crippen LogP contribution >= 0.6 is 0 Å². The molecule has 3 aromatic rings. The van der Waals surface area contributed by atoms with Crippen molar-refractivity contribution in [1.82, 2.24) is 0 Å². The van der Waals surface area contributed by atoms with Gasteiger partial charge in [-0.05, 0) is 24.3 Å². The number of hydrogen-bond donors (Lipinski definition) is 1. The lowest BCUT2D eigenvalue weighted by Gasteiger charge is -1.93. The van der Waals surface area contributed by atoms with Crippen molar-refractivity contribution in [3.63, 3.8) is 0 Å². The fourth-order valence-corrected chi connectivity index (χ4v) is 2.05. The molecule has 4 nitrogen and oxygen atoms in total. The Morgan fingerprint density at radius 1 is 1.17 bits per heavy atom. The summed E-state index contributed by atoms with van der Waals surface area (Å²) in [4.78, 5) is 21.9. The van der Waals surface area contributed by atoms with Crippen LogP contribution in [0.2, 0.25) is 0 Å². The Bertz CT molecular complexity index is 783. The molecule has 1 N–H and O–H groups in total. The second kappa shape index (κ2) is 3.70. The molecule has 0 atom stereocenters.